The molecule has 7 heteroatoms. The summed E-state index contributed by atoms with van der Waals surface area (Å²) < 4.78 is 0. The molecule has 88 valence electrons. The average Bonchev–Trinajstić information content (AvgIpc) is 2.28. The SMILES string of the molecule is Cc1cc(C)nc(Sc2ccnc(NN)n2)n1. The van der Waals surface area contributed by atoms with E-state index in [4.69, 9.17) is 5.84 Å². The number of nitrogens with zero attached hydrogens (tertiary/aromatic N) is 4. The predicted octanol–water partition coefficient (Wildman–Crippen LogP) is 1.32. The molecule has 0 aliphatic heterocycles. The van der Waals surface area contributed by atoms with Crippen molar-refractivity contribution < 1.29 is 0 Å². The number of aryl methyl sites for hydroxylation is 2. The summed E-state index contributed by atoms with van der Waals surface area (Å²) in [5, 5.41) is 1.42. The van der Waals surface area contributed by atoms with Crippen molar-refractivity contribution in [3.8, 4) is 0 Å². The Balaban J connectivity index is 2.24. The summed E-state index contributed by atoms with van der Waals surface area (Å²) >= 11 is 1.38. The zero-order valence-electron chi connectivity index (χ0n) is 9.51. The Labute approximate surface area is 103 Å². The Kier molecular flexibility index (Phi) is 3.50. The fourth-order valence-electron chi connectivity index (χ4n) is 1.30. The van der Waals surface area contributed by atoms with Crippen LogP contribution in [0.3, 0.4) is 0 Å². The number of nitrogens with one attached hydrogen (secondary N) is 1. The van der Waals surface area contributed by atoms with Crippen molar-refractivity contribution in [2.75, 3.05) is 5.43 Å². The maximum absolute atomic E-state index is 5.24. The molecule has 2 aromatic heterocycles. The van der Waals surface area contributed by atoms with Crippen molar-refractivity contribution in [3.05, 3.63) is 29.7 Å². The molecule has 17 heavy (non-hydrogen) atoms. The minimum Gasteiger partial charge on any atom is -0.292 e. The van der Waals surface area contributed by atoms with Crippen LogP contribution in [0.2, 0.25) is 0 Å². The smallest absolute Gasteiger partial charge is 0.238 e. The molecule has 0 aromatic carbocycles. The van der Waals surface area contributed by atoms with Gasteiger partial charge in [0.2, 0.25) is 5.95 Å². The van der Waals surface area contributed by atoms with Crippen molar-refractivity contribution >= 4 is 17.7 Å². The van der Waals surface area contributed by atoms with Gasteiger partial charge in [0.05, 0.1) is 0 Å². The lowest BCUT2D eigenvalue weighted by atomic mass is 10.4. The predicted molar refractivity (Wildman–Crippen MR) is 65.5 cm³/mol. The zero-order valence-corrected chi connectivity index (χ0v) is 10.3. The van der Waals surface area contributed by atoms with Gasteiger partial charge in [0, 0.05) is 17.6 Å². The number of nitrogens with two attached hydrogens (primary N) is 1. The monoisotopic (exact) mass is 248 g/mol. The highest BCUT2D eigenvalue weighted by Crippen LogP contribution is 2.23. The van der Waals surface area contributed by atoms with E-state index in [1.54, 1.807) is 12.3 Å². The van der Waals surface area contributed by atoms with Crippen LogP contribution < -0.4 is 11.3 Å². The number of hydrogen-bond acceptors (Lipinski definition) is 7. The highest BCUT2D eigenvalue weighted by Gasteiger charge is 2.04. The Morgan fingerprint density at radius 1 is 1.18 bits per heavy atom. The summed E-state index contributed by atoms with van der Waals surface area (Å²) in [6.07, 6.45) is 1.63. The Hall–Kier alpha value is -1.73. The molecular weight excluding hydrogens is 236 g/mol. The normalized spacial score (nSPS) is 10.3. The van der Waals surface area contributed by atoms with Crippen LogP contribution in [0.5, 0.6) is 0 Å². The number of hydrazine groups is 1. The van der Waals surface area contributed by atoms with Gasteiger partial charge in [0.15, 0.2) is 5.16 Å². The molecule has 0 fully saturated rings. The van der Waals surface area contributed by atoms with E-state index in [1.165, 1.54) is 11.8 Å². The van der Waals surface area contributed by atoms with Gasteiger partial charge in [-0.3, -0.25) is 5.43 Å². The molecule has 6 nitrogen and oxygen atoms in total. The van der Waals surface area contributed by atoms with E-state index in [0.29, 0.717) is 11.1 Å². The standard InChI is InChI=1S/C10H12N6S/c1-6-5-7(2)14-10(13-6)17-8-3-4-12-9(15-8)16-11/h3-5H,11H2,1-2H3,(H,12,15,16). The van der Waals surface area contributed by atoms with E-state index in [1.807, 2.05) is 19.9 Å². The van der Waals surface area contributed by atoms with Gasteiger partial charge in [-0.15, -0.1) is 0 Å². The molecule has 0 amide bonds. The summed E-state index contributed by atoms with van der Waals surface area (Å²) in [5.41, 5.74) is 4.27. The molecule has 0 radical (unpaired) electrons. The third kappa shape index (κ3) is 3.11. The highest BCUT2D eigenvalue weighted by atomic mass is 32.2. The Morgan fingerprint density at radius 2 is 1.88 bits per heavy atom. The van der Waals surface area contributed by atoms with Crippen molar-refractivity contribution in [1.82, 2.24) is 19.9 Å². The minimum absolute atomic E-state index is 0.374. The number of aromatic nitrogens is 4. The Bertz CT molecular complexity index is 510. The second kappa shape index (κ2) is 5.07. The third-order valence-corrected chi connectivity index (χ3v) is 2.72. The van der Waals surface area contributed by atoms with Gasteiger partial charge in [0.1, 0.15) is 5.03 Å². The quantitative estimate of drug-likeness (QED) is 0.366. The molecule has 2 aromatic rings. The lowest BCUT2D eigenvalue weighted by Gasteiger charge is -2.03. The first-order valence-electron chi connectivity index (χ1n) is 4.97. The lowest BCUT2D eigenvalue weighted by molar-refractivity contribution is 0.897. The minimum atomic E-state index is 0.374. The van der Waals surface area contributed by atoms with Crippen LogP contribution in [0.25, 0.3) is 0 Å². The molecule has 0 bridgehead atoms. The van der Waals surface area contributed by atoms with Crippen LogP contribution in [-0.4, -0.2) is 19.9 Å². The van der Waals surface area contributed by atoms with E-state index in [2.05, 4.69) is 25.4 Å². The molecule has 2 heterocycles. The molecule has 0 saturated carbocycles. The van der Waals surface area contributed by atoms with Crippen molar-refractivity contribution in [3.63, 3.8) is 0 Å². The van der Waals surface area contributed by atoms with Gasteiger partial charge < -0.3 is 0 Å². The maximum Gasteiger partial charge on any atom is 0.238 e. The molecule has 2 rings (SSSR count). The highest BCUT2D eigenvalue weighted by molar-refractivity contribution is 7.99. The molecular formula is C10H12N6S. The largest absolute Gasteiger partial charge is 0.292 e. The molecule has 0 spiro atoms. The zero-order chi connectivity index (χ0) is 12.3. The van der Waals surface area contributed by atoms with Crippen molar-refractivity contribution in [1.29, 1.82) is 0 Å². The van der Waals surface area contributed by atoms with Crippen molar-refractivity contribution in [2.24, 2.45) is 5.84 Å². The number of rotatable bonds is 3. The van der Waals surface area contributed by atoms with Gasteiger partial charge in [-0.25, -0.2) is 25.8 Å². The number of nitrogen functional groups attached to an aromatic ring is 1. The second-order valence-electron chi connectivity index (χ2n) is 3.40. The summed E-state index contributed by atoms with van der Waals surface area (Å²) in [6.45, 7) is 3.87. The topological polar surface area (TPSA) is 89.6 Å². The summed E-state index contributed by atoms with van der Waals surface area (Å²) in [5.74, 6) is 5.62. The van der Waals surface area contributed by atoms with Gasteiger partial charge >= 0.3 is 0 Å². The summed E-state index contributed by atoms with van der Waals surface area (Å²) in [4.78, 5) is 16.8. The van der Waals surface area contributed by atoms with Gasteiger partial charge in [0.25, 0.3) is 0 Å². The molecule has 0 saturated heterocycles. The second-order valence-corrected chi connectivity index (χ2v) is 4.39. The van der Waals surface area contributed by atoms with Crippen molar-refractivity contribution in [2.45, 2.75) is 24.0 Å². The van der Waals surface area contributed by atoms with E-state index in [-0.39, 0.29) is 0 Å². The van der Waals surface area contributed by atoms with E-state index in [9.17, 15) is 0 Å². The molecule has 0 atom stereocenters. The molecule has 0 unspecified atom stereocenters. The first-order chi connectivity index (χ1) is 8.17. The van der Waals surface area contributed by atoms with Crippen LogP contribution >= 0.6 is 11.8 Å². The summed E-state index contributed by atoms with van der Waals surface area (Å²) in [6, 6.07) is 3.71. The summed E-state index contributed by atoms with van der Waals surface area (Å²) in [7, 11) is 0. The van der Waals surface area contributed by atoms with E-state index >= 15 is 0 Å². The average molecular weight is 248 g/mol. The Morgan fingerprint density at radius 3 is 2.53 bits per heavy atom. The van der Waals surface area contributed by atoms with E-state index < -0.39 is 0 Å². The van der Waals surface area contributed by atoms with Gasteiger partial charge in [-0.2, -0.15) is 0 Å². The van der Waals surface area contributed by atoms with Crippen LogP contribution in [0, 0.1) is 13.8 Å². The number of anilines is 1. The fourth-order valence-corrected chi connectivity index (χ4v) is 2.13. The lowest BCUT2D eigenvalue weighted by Crippen LogP contribution is -2.10. The van der Waals surface area contributed by atoms with Gasteiger partial charge in [-0.1, -0.05) is 0 Å². The van der Waals surface area contributed by atoms with E-state index in [0.717, 1.165) is 16.4 Å². The molecule has 0 aliphatic carbocycles. The van der Waals surface area contributed by atoms with Gasteiger partial charge in [-0.05, 0) is 37.7 Å². The maximum atomic E-state index is 5.24. The fraction of sp³-hybridized carbons (Fsp3) is 0.200. The molecule has 3 N–H and O–H groups in total. The molecule has 0 aliphatic rings. The third-order valence-electron chi connectivity index (χ3n) is 1.92. The first kappa shape index (κ1) is 11.7. The van der Waals surface area contributed by atoms with Crippen LogP contribution in [0.4, 0.5) is 5.95 Å². The van der Waals surface area contributed by atoms with Crippen LogP contribution in [-0.2, 0) is 0 Å². The first-order valence-corrected chi connectivity index (χ1v) is 5.79. The number of hydrogen-bond donors (Lipinski definition) is 2. The van der Waals surface area contributed by atoms with Crippen LogP contribution in [0.15, 0.2) is 28.5 Å². The van der Waals surface area contributed by atoms with Crippen LogP contribution in [0.1, 0.15) is 11.4 Å².